The number of aromatic amines is 1. The lowest BCUT2D eigenvalue weighted by atomic mass is 10.2. The molecule has 1 aromatic heterocycles. The number of likely N-dealkylation sites (N-methyl/N-ethyl adjacent to an activating group) is 1. The number of nitrogens with two attached hydrogens (primary N) is 1. The topological polar surface area (TPSA) is 78.2 Å². The maximum Gasteiger partial charge on any atom is 0.276 e. The Labute approximate surface area is 101 Å². The van der Waals surface area contributed by atoms with Crippen molar-refractivity contribution in [3.05, 3.63) is 11.4 Å². The number of likely N-dealkylation sites (tertiary alicyclic amines) is 1. The van der Waals surface area contributed by atoms with Gasteiger partial charge in [-0.1, -0.05) is 0 Å². The van der Waals surface area contributed by atoms with Crippen molar-refractivity contribution in [3.8, 4) is 0 Å². The Morgan fingerprint density at radius 2 is 2.29 bits per heavy atom. The number of nitrogens with one attached hydrogen (secondary N) is 1. The van der Waals surface area contributed by atoms with E-state index < -0.39 is 0 Å². The molecule has 17 heavy (non-hydrogen) atoms. The molecule has 1 aliphatic rings. The molecule has 3 N–H and O–H groups in total. The Morgan fingerprint density at radius 3 is 2.76 bits per heavy atom. The third-order valence-electron chi connectivity index (χ3n) is 3.38. The van der Waals surface area contributed by atoms with E-state index in [2.05, 4.69) is 15.1 Å². The minimum atomic E-state index is -0.0730. The van der Waals surface area contributed by atoms with Crippen molar-refractivity contribution in [1.29, 1.82) is 0 Å². The van der Waals surface area contributed by atoms with Crippen LogP contribution in [0.1, 0.15) is 22.6 Å². The highest BCUT2D eigenvalue weighted by molar-refractivity contribution is 5.97. The van der Waals surface area contributed by atoms with Crippen LogP contribution in [0.3, 0.4) is 0 Å². The molecule has 1 aliphatic heterocycles. The molecule has 6 heteroatoms. The van der Waals surface area contributed by atoms with Gasteiger partial charge in [-0.15, -0.1) is 0 Å². The summed E-state index contributed by atoms with van der Waals surface area (Å²) in [5, 5.41) is 6.72. The van der Waals surface area contributed by atoms with Gasteiger partial charge in [0.1, 0.15) is 0 Å². The van der Waals surface area contributed by atoms with Gasteiger partial charge in [-0.25, -0.2) is 0 Å². The summed E-state index contributed by atoms with van der Waals surface area (Å²) >= 11 is 0. The highest BCUT2D eigenvalue weighted by Crippen LogP contribution is 2.19. The van der Waals surface area contributed by atoms with Gasteiger partial charge in [0.25, 0.3) is 5.91 Å². The summed E-state index contributed by atoms with van der Waals surface area (Å²) in [7, 11) is 4.07. The molecular formula is C11H19N5O. The molecule has 0 bridgehead atoms. The minimum Gasteiger partial charge on any atom is -0.395 e. The van der Waals surface area contributed by atoms with Gasteiger partial charge in [0, 0.05) is 19.1 Å². The quantitative estimate of drug-likeness (QED) is 0.763. The number of nitrogens with zero attached hydrogens (tertiary/aromatic N) is 3. The number of carbonyl (C=O) groups is 1. The Kier molecular flexibility index (Phi) is 3.06. The standard InChI is InChI=1S/C11H19N5O/c1-7-9(12)10(14-13-7)11(17)16-5-4-8(6-16)15(2)3/h8H,4-6,12H2,1-3H3,(H,13,14). The van der Waals surface area contributed by atoms with Crippen LogP contribution in [-0.2, 0) is 0 Å². The van der Waals surface area contributed by atoms with Crippen LogP contribution in [-0.4, -0.2) is 59.1 Å². The van der Waals surface area contributed by atoms with Gasteiger partial charge >= 0.3 is 0 Å². The second-order valence-electron chi connectivity index (χ2n) is 4.77. The van der Waals surface area contributed by atoms with Crippen molar-refractivity contribution in [2.24, 2.45) is 0 Å². The summed E-state index contributed by atoms with van der Waals surface area (Å²) in [6.07, 6.45) is 1.00. The minimum absolute atomic E-state index is 0.0730. The smallest absolute Gasteiger partial charge is 0.276 e. The number of carbonyl (C=O) groups excluding carboxylic acids is 1. The first-order valence-electron chi connectivity index (χ1n) is 5.77. The predicted molar refractivity (Wildman–Crippen MR) is 65.7 cm³/mol. The lowest BCUT2D eigenvalue weighted by Gasteiger charge is -2.19. The molecule has 1 fully saturated rings. The molecule has 2 rings (SSSR count). The van der Waals surface area contributed by atoms with Crippen LogP contribution in [0.5, 0.6) is 0 Å². The number of hydrogen-bond acceptors (Lipinski definition) is 4. The molecule has 94 valence electrons. The zero-order valence-corrected chi connectivity index (χ0v) is 10.5. The maximum absolute atomic E-state index is 12.2. The third-order valence-corrected chi connectivity index (χ3v) is 3.38. The molecule has 0 radical (unpaired) electrons. The third kappa shape index (κ3) is 2.12. The molecule has 1 saturated heterocycles. The van der Waals surface area contributed by atoms with E-state index in [0.717, 1.165) is 25.2 Å². The molecule has 0 spiro atoms. The van der Waals surface area contributed by atoms with E-state index in [4.69, 9.17) is 5.73 Å². The average Bonchev–Trinajstić information content (AvgIpc) is 2.87. The fourth-order valence-corrected chi connectivity index (χ4v) is 2.10. The predicted octanol–water partition coefficient (Wildman–Crippen LogP) is 0.0764. The zero-order chi connectivity index (χ0) is 12.6. The van der Waals surface area contributed by atoms with Crippen LogP contribution in [0.2, 0.25) is 0 Å². The van der Waals surface area contributed by atoms with E-state index >= 15 is 0 Å². The second-order valence-corrected chi connectivity index (χ2v) is 4.77. The number of anilines is 1. The Bertz CT molecular complexity index is 425. The number of aryl methyl sites for hydroxylation is 1. The largest absolute Gasteiger partial charge is 0.395 e. The van der Waals surface area contributed by atoms with E-state index in [1.54, 1.807) is 0 Å². The lowest BCUT2D eigenvalue weighted by molar-refractivity contribution is 0.0778. The zero-order valence-electron chi connectivity index (χ0n) is 10.5. The molecule has 0 aliphatic carbocycles. The molecule has 1 unspecified atom stereocenters. The molecule has 1 aromatic rings. The summed E-state index contributed by atoms with van der Waals surface area (Å²) in [6, 6.07) is 0.431. The first-order valence-corrected chi connectivity index (χ1v) is 5.77. The Hall–Kier alpha value is -1.56. The van der Waals surface area contributed by atoms with Gasteiger partial charge < -0.3 is 15.5 Å². The van der Waals surface area contributed by atoms with Crippen LogP contribution >= 0.6 is 0 Å². The van der Waals surface area contributed by atoms with Gasteiger partial charge in [0.05, 0.1) is 11.4 Å². The first kappa shape index (κ1) is 11.9. The number of aromatic nitrogens is 2. The second kappa shape index (κ2) is 4.37. The highest BCUT2D eigenvalue weighted by Gasteiger charge is 2.30. The molecule has 1 atom stereocenters. The van der Waals surface area contributed by atoms with Gasteiger partial charge in [-0.3, -0.25) is 9.89 Å². The number of H-pyrrole nitrogens is 1. The maximum atomic E-state index is 12.2. The lowest BCUT2D eigenvalue weighted by Crippen LogP contribution is -2.34. The number of amides is 1. The molecule has 1 amide bonds. The van der Waals surface area contributed by atoms with Gasteiger partial charge in [0.15, 0.2) is 5.69 Å². The van der Waals surface area contributed by atoms with Crippen LogP contribution in [0, 0.1) is 6.92 Å². The van der Waals surface area contributed by atoms with E-state index in [-0.39, 0.29) is 5.91 Å². The summed E-state index contributed by atoms with van der Waals surface area (Å²) in [6.45, 7) is 3.33. The van der Waals surface area contributed by atoms with Crippen molar-refractivity contribution in [1.82, 2.24) is 20.0 Å². The van der Waals surface area contributed by atoms with E-state index in [0.29, 0.717) is 17.4 Å². The molecule has 0 aromatic carbocycles. The van der Waals surface area contributed by atoms with Crippen LogP contribution in [0.25, 0.3) is 0 Å². The van der Waals surface area contributed by atoms with Crippen molar-refractivity contribution < 1.29 is 4.79 Å². The highest BCUT2D eigenvalue weighted by atomic mass is 16.2. The van der Waals surface area contributed by atoms with Crippen LogP contribution in [0.15, 0.2) is 0 Å². The van der Waals surface area contributed by atoms with E-state index in [9.17, 15) is 4.79 Å². The summed E-state index contributed by atoms with van der Waals surface area (Å²) in [4.78, 5) is 16.2. The molecule has 0 saturated carbocycles. The fraction of sp³-hybridized carbons (Fsp3) is 0.636. The monoisotopic (exact) mass is 237 g/mol. The average molecular weight is 237 g/mol. The number of rotatable bonds is 2. The fourth-order valence-electron chi connectivity index (χ4n) is 2.10. The van der Waals surface area contributed by atoms with Crippen molar-refractivity contribution in [2.45, 2.75) is 19.4 Å². The van der Waals surface area contributed by atoms with Crippen LogP contribution in [0.4, 0.5) is 5.69 Å². The van der Waals surface area contributed by atoms with Crippen molar-refractivity contribution in [2.75, 3.05) is 32.9 Å². The van der Waals surface area contributed by atoms with Crippen molar-refractivity contribution >= 4 is 11.6 Å². The SMILES string of the molecule is Cc1[nH]nc(C(=O)N2CCC(N(C)C)C2)c1N. The van der Waals surface area contributed by atoms with Gasteiger partial charge in [-0.05, 0) is 27.4 Å². The van der Waals surface area contributed by atoms with E-state index in [1.165, 1.54) is 0 Å². The van der Waals surface area contributed by atoms with Gasteiger partial charge in [0.2, 0.25) is 0 Å². The molecule has 2 heterocycles. The Balaban J connectivity index is 2.10. The number of hydrogen-bond donors (Lipinski definition) is 2. The summed E-state index contributed by atoms with van der Waals surface area (Å²) in [5.41, 5.74) is 7.37. The Morgan fingerprint density at radius 1 is 1.59 bits per heavy atom. The summed E-state index contributed by atoms with van der Waals surface area (Å²) < 4.78 is 0. The van der Waals surface area contributed by atoms with E-state index in [1.807, 2.05) is 25.9 Å². The number of nitrogen functional groups attached to an aromatic ring is 1. The summed E-state index contributed by atoms with van der Waals surface area (Å²) in [5.74, 6) is -0.0730. The normalized spacial score (nSPS) is 20.2. The molecule has 6 nitrogen and oxygen atoms in total. The van der Waals surface area contributed by atoms with Crippen molar-refractivity contribution in [3.63, 3.8) is 0 Å². The van der Waals surface area contributed by atoms with Gasteiger partial charge in [-0.2, -0.15) is 5.10 Å². The molecular weight excluding hydrogens is 218 g/mol. The first-order chi connectivity index (χ1) is 8.00. The van der Waals surface area contributed by atoms with Crippen LogP contribution < -0.4 is 5.73 Å².